The first-order valence-corrected chi connectivity index (χ1v) is 8.30. The zero-order chi connectivity index (χ0) is 19.3. The molecule has 0 radical (unpaired) electrons. The van der Waals surface area contributed by atoms with Gasteiger partial charge in [-0.15, -0.1) is 0 Å². The summed E-state index contributed by atoms with van der Waals surface area (Å²) in [6.07, 6.45) is -1.71. The predicted molar refractivity (Wildman–Crippen MR) is 90.5 cm³/mol. The SMILES string of the molecule is CCc1noc(CC)c1CNC(=NC)NCc1cn(C)nc1C(F)(F)F. The van der Waals surface area contributed by atoms with Gasteiger partial charge in [0.25, 0.3) is 0 Å². The first kappa shape index (κ1) is 19.8. The van der Waals surface area contributed by atoms with Crippen molar-refractivity contribution in [2.45, 2.75) is 46.0 Å². The minimum atomic E-state index is -4.50. The molecule has 0 saturated carbocycles. The number of guanidine groups is 1. The highest BCUT2D eigenvalue weighted by atomic mass is 19.4. The summed E-state index contributed by atoms with van der Waals surface area (Å²) >= 11 is 0. The van der Waals surface area contributed by atoms with E-state index in [2.05, 4.69) is 25.9 Å². The molecular formula is C16H23F3N6O. The molecule has 0 spiro atoms. The Morgan fingerprint density at radius 1 is 1.23 bits per heavy atom. The number of hydrogen-bond acceptors (Lipinski definition) is 4. The third-order valence-corrected chi connectivity index (χ3v) is 3.88. The summed E-state index contributed by atoms with van der Waals surface area (Å²) in [7, 11) is 3.01. The molecule has 0 atom stereocenters. The van der Waals surface area contributed by atoms with Crippen LogP contribution in [0.5, 0.6) is 0 Å². The molecule has 0 aliphatic rings. The van der Waals surface area contributed by atoms with Gasteiger partial charge in [-0.25, -0.2) is 0 Å². The third-order valence-electron chi connectivity index (χ3n) is 3.88. The lowest BCUT2D eigenvalue weighted by Crippen LogP contribution is -2.37. The predicted octanol–water partition coefficient (Wildman–Crippen LogP) is 2.42. The summed E-state index contributed by atoms with van der Waals surface area (Å²) in [6.45, 7) is 4.33. The average Bonchev–Trinajstić information content (AvgIpc) is 3.17. The lowest BCUT2D eigenvalue weighted by Gasteiger charge is -2.12. The van der Waals surface area contributed by atoms with Gasteiger partial charge < -0.3 is 15.2 Å². The van der Waals surface area contributed by atoms with Crippen molar-refractivity contribution < 1.29 is 17.7 Å². The van der Waals surface area contributed by atoms with Crippen molar-refractivity contribution in [3.05, 3.63) is 34.5 Å². The number of halogens is 3. The number of rotatable bonds is 6. The maximum atomic E-state index is 13.0. The van der Waals surface area contributed by atoms with E-state index in [9.17, 15) is 13.2 Å². The van der Waals surface area contributed by atoms with Gasteiger partial charge in [0.2, 0.25) is 0 Å². The zero-order valence-corrected chi connectivity index (χ0v) is 15.2. The minimum absolute atomic E-state index is 0.0483. The molecule has 0 bridgehead atoms. The van der Waals surface area contributed by atoms with Crippen LogP contribution in [0.2, 0.25) is 0 Å². The monoisotopic (exact) mass is 372 g/mol. The van der Waals surface area contributed by atoms with Crippen molar-refractivity contribution in [3.63, 3.8) is 0 Å². The van der Waals surface area contributed by atoms with Crippen molar-refractivity contribution in [1.29, 1.82) is 0 Å². The van der Waals surface area contributed by atoms with Crippen LogP contribution < -0.4 is 10.6 Å². The van der Waals surface area contributed by atoms with Gasteiger partial charge in [0.15, 0.2) is 11.7 Å². The molecule has 0 unspecified atom stereocenters. The van der Waals surface area contributed by atoms with Crippen LogP contribution in [-0.2, 0) is 39.2 Å². The molecule has 2 aromatic rings. The summed E-state index contributed by atoms with van der Waals surface area (Å²) < 4.78 is 45.5. The van der Waals surface area contributed by atoms with E-state index in [0.717, 1.165) is 28.1 Å². The number of hydrogen-bond donors (Lipinski definition) is 2. The van der Waals surface area contributed by atoms with E-state index in [1.807, 2.05) is 13.8 Å². The highest BCUT2D eigenvalue weighted by molar-refractivity contribution is 5.79. The molecule has 0 aliphatic carbocycles. The van der Waals surface area contributed by atoms with Crippen LogP contribution in [0.4, 0.5) is 13.2 Å². The van der Waals surface area contributed by atoms with Crippen LogP contribution >= 0.6 is 0 Å². The van der Waals surface area contributed by atoms with Crippen LogP contribution in [0.25, 0.3) is 0 Å². The number of alkyl halides is 3. The van der Waals surface area contributed by atoms with Crippen molar-refractivity contribution >= 4 is 5.96 Å². The van der Waals surface area contributed by atoms with E-state index in [4.69, 9.17) is 4.52 Å². The van der Waals surface area contributed by atoms with Crippen LogP contribution in [0.1, 0.15) is 42.1 Å². The Labute approximate surface area is 149 Å². The fraction of sp³-hybridized carbons (Fsp3) is 0.562. The Morgan fingerprint density at radius 2 is 1.92 bits per heavy atom. The second kappa shape index (κ2) is 8.24. The third kappa shape index (κ3) is 4.55. The normalized spacial score (nSPS) is 12.5. The molecule has 0 aliphatic heterocycles. The van der Waals surface area contributed by atoms with E-state index < -0.39 is 11.9 Å². The Hall–Kier alpha value is -2.52. The summed E-state index contributed by atoms with van der Waals surface area (Å²) in [6, 6.07) is 0. The molecule has 2 N–H and O–H groups in total. The lowest BCUT2D eigenvalue weighted by molar-refractivity contribution is -0.142. The van der Waals surface area contributed by atoms with Crippen molar-refractivity contribution in [2.24, 2.45) is 12.0 Å². The summed E-state index contributed by atoms with van der Waals surface area (Å²) in [5.41, 5.74) is 0.965. The molecular weight excluding hydrogens is 349 g/mol. The first-order valence-electron chi connectivity index (χ1n) is 8.30. The second-order valence-electron chi connectivity index (χ2n) is 5.69. The van der Waals surface area contributed by atoms with Gasteiger partial charge >= 0.3 is 6.18 Å². The second-order valence-corrected chi connectivity index (χ2v) is 5.69. The number of aryl methyl sites for hydroxylation is 3. The number of aliphatic imine (C=N–C) groups is 1. The standard InChI is InChI=1S/C16H23F3N6O/c1-5-12-11(13(6-2)26-24-12)8-22-15(20-3)21-7-10-9-25(4)23-14(10)16(17,18)19/h9H,5-8H2,1-4H3,(H2,20,21,22). The quantitative estimate of drug-likeness (QED) is 0.601. The van der Waals surface area contributed by atoms with Crippen LogP contribution in [0.3, 0.4) is 0 Å². The maximum absolute atomic E-state index is 13.0. The van der Waals surface area contributed by atoms with Gasteiger partial charge in [-0.05, 0) is 6.42 Å². The smallest absolute Gasteiger partial charge is 0.361 e. The maximum Gasteiger partial charge on any atom is 0.435 e. The topological polar surface area (TPSA) is 80.3 Å². The van der Waals surface area contributed by atoms with E-state index in [1.54, 1.807) is 7.05 Å². The van der Waals surface area contributed by atoms with E-state index in [1.165, 1.54) is 13.2 Å². The molecule has 144 valence electrons. The summed E-state index contributed by atoms with van der Waals surface area (Å²) in [4.78, 5) is 4.05. The van der Waals surface area contributed by atoms with Gasteiger partial charge in [-0.1, -0.05) is 19.0 Å². The van der Waals surface area contributed by atoms with Gasteiger partial charge in [0, 0.05) is 50.9 Å². The molecule has 0 saturated heterocycles. The highest BCUT2D eigenvalue weighted by Crippen LogP contribution is 2.30. The van der Waals surface area contributed by atoms with Gasteiger partial charge in [-0.2, -0.15) is 18.3 Å². The van der Waals surface area contributed by atoms with Gasteiger partial charge in [0.05, 0.1) is 5.69 Å². The van der Waals surface area contributed by atoms with Crippen molar-refractivity contribution in [2.75, 3.05) is 7.05 Å². The highest BCUT2D eigenvalue weighted by Gasteiger charge is 2.36. The molecule has 2 heterocycles. The number of nitrogens with one attached hydrogen (secondary N) is 2. The largest absolute Gasteiger partial charge is 0.435 e. The van der Waals surface area contributed by atoms with Crippen LogP contribution in [0, 0.1) is 0 Å². The van der Waals surface area contributed by atoms with Crippen molar-refractivity contribution in [1.82, 2.24) is 25.6 Å². The fourth-order valence-corrected chi connectivity index (χ4v) is 2.62. The molecule has 2 aromatic heterocycles. The zero-order valence-electron chi connectivity index (χ0n) is 15.2. The fourth-order valence-electron chi connectivity index (χ4n) is 2.62. The van der Waals surface area contributed by atoms with E-state index in [-0.39, 0.29) is 12.1 Å². The van der Waals surface area contributed by atoms with Gasteiger partial charge in [-0.3, -0.25) is 9.67 Å². The number of aromatic nitrogens is 3. The average molecular weight is 372 g/mol. The lowest BCUT2D eigenvalue weighted by atomic mass is 10.1. The Balaban J connectivity index is 2.03. The molecule has 0 aromatic carbocycles. The molecule has 10 heteroatoms. The van der Waals surface area contributed by atoms with Crippen LogP contribution in [0.15, 0.2) is 15.7 Å². The summed E-state index contributed by atoms with van der Waals surface area (Å²) in [5, 5.41) is 13.5. The molecule has 2 rings (SSSR count). The van der Waals surface area contributed by atoms with Crippen LogP contribution in [-0.4, -0.2) is 27.9 Å². The van der Waals surface area contributed by atoms with E-state index in [0.29, 0.717) is 18.9 Å². The van der Waals surface area contributed by atoms with Gasteiger partial charge in [0.1, 0.15) is 5.76 Å². The Bertz CT molecular complexity index is 741. The Kier molecular flexibility index (Phi) is 6.27. The van der Waals surface area contributed by atoms with E-state index >= 15 is 0 Å². The number of nitrogens with zero attached hydrogens (tertiary/aromatic N) is 4. The first-order chi connectivity index (χ1) is 12.3. The molecule has 26 heavy (non-hydrogen) atoms. The molecule has 0 amide bonds. The van der Waals surface area contributed by atoms with Crippen molar-refractivity contribution in [3.8, 4) is 0 Å². The Morgan fingerprint density at radius 3 is 2.50 bits per heavy atom. The minimum Gasteiger partial charge on any atom is -0.361 e. The summed E-state index contributed by atoms with van der Waals surface area (Å²) in [5.74, 6) is 1.17. The molecule has 0 fully saturated rings. The molecule has 7 nitrogen and oxygen atoms in total.